The maximum atomic E-state index is 12.2. The summed E-state index contributed by atoms with van der Waals surface area (Å²) in [6, 6.07) is 7.56. The van der Waals surface area contributed by atoms with Gasteiger partial charge in [-0.3, -0.25) is 4.79 Å². The number of nitrogens with one attached hydrogen (secondary N) is 1. The lowest BCUT2D eigenvalue weighted by Crippen LogP contribution is -2.32. The van der Waals surface area contributed by atoms with E-state index in [1.54, 1.807) is 0 Å². The highest BCUT2D eigenvalue weighted by Crippen LogP contribution is 2.18. The fourth-order valence-corrected chi connectivity index (χ4v) is 2.32. The van der Waals surface area contributed by atoms with Gasteiger partial charge < -0.3 is 11.1 Å². The fourth-order valence-electron chi connectivity index (χ4n) is 2.32. The van der Waals surface area contributed by atoms with Crippen LogP contribution in [-0.4, -0.2) is 12.5 Å². The third kappa shape index (κ3) is 5.24. The van der Waals surface area contributed by atoms with Crippen LogP contribution in [0.3, 0.4) is 0 Å². The number of anilines is 1. The minimum absolute atomic E-state index is 0.0885. The molecule has 0 aromatic heterocycles. The summed E-state index contributed by atoms with van der Waals surface area (Å²) in [6.07, 6.45) is 4.76. The number of nitrogen functional groups attached to an aromatic ring is 1. The molecule has 1 aromatic carbocycles. The third-order valence-electron chi connectivity index (χ3n) is 3.91. The lowest BCUT2D eigenvalue weighted by atomic mass is 9.97. The average Bonchev–Trinajstić information content (AvgIpc) is 2.46. The number of hydrogen-bond acceptors (Lipinski definition) is 2. The lowest BCUT2D eigenvalue weighted by Gasteiger charge is -2.18. The lowest BCUT2D eigenvalue weighted by molar-refractivity contribution is -0.122. The van der Waals surface area contributed by atoms with Crippen LogP contribution in [-0.2, 0) is 4.79 Å². The van der Waals surface area contributed by atoms with E-state index >= 15 is 0 Å². The number of carbonyl (C=O) groups is 1. The Bertz CT molecular complexity index is 417. The largest absolute Gasteiger partial charge is 0.399 e. The molecule has 0 aliphatic heterocycles. The highest BCUT2D eigenvalue weighted by atomic mass is 16.1. The van der Waals surface area contributed by atoms with Crippen LogP contribution in [0.1, 0.15) is 57.9 Å². The predicted octanol–water partition coefficient (Wildman–Crippen LogP) is 3.70. The molecule has 0 fully saturated rings. The molecule has 3 N–H and O–H groups in total. The molecule has 0 spiro atoms. The molecular weight excluding hydrogens is 248 g/mol. The van der Waals surface area contributed by atoms with Crippen molar-refractivity contribution in [3.8, 4) is 0 Å². The second-order valence-corrected chi connectivity index (χ2v) is 5.55. The summed E-state index contributed by atoms with van der Waals surface area (Å²) in [7, 11) is 0. The van der Waals surface area contributed by atoms with Gasteiger partial charge in [-0.15, -0.1) is 0 Å². The molecule has 0 aliphatic carbocycles. The summed E-state index contributed by atoms with van der Waals surface area (Å²) in [5, 5.41) is 3.08. The van der Waals surface area contributed by atoms with Crippen molar-refractivity contribution in [1.82, 2.24) is 5.32 Å². The molecular formula is C17H28N2O. The van der Waals surface area contributed by atoms with Gasteiger partial charge in [-0.05, 0) is 37.0 Å². The van der Waals surface area contributed by atoms with Crippen molar-refractivity contribution < 1.29 is 4.79 Å². The molecule has 20 heavy (non-hydrogen) atoms. The Morgan fingerprint density at radius 1 is 1.35 bits per heavy atom. The molecule has 2 atom stereocenters. The van der Waals surface area contributed by atoms with Crippen molar-refractivity contribution in [1.29, 1.82) is 0 Å². The number of rotatable bonds is 8. The monoisotopic (exact) mass is 276 g/mol. The molecule has 0 heterocycles. The van der Waals surface area contributed by atoms with E-state index < -0.39 is 0 Å². The highest BCUT2D eigenvalue weighted by Gasteiger charge is 2.16. The Labute approximate surface area is 122 Å². The third-order valence-corrected chi connectivity index (χ3v) is 3.91. The minimum atomic E-state index is -0.151. The average molecular weight is 276 g/mol. The Morgan fingerprint density at radius 3 is 2.70 bits per heavy atom. The standard InChI is InChI=1S/C17H28N2O/c1-4-6-8-14(5-2)12-19-17(20)13(3)15-9-7-10-16(18)11-15/h7,9-11,13-14H,4-6,8,12,18H2,1-3H3,(H,19,20). The number of unbranched alkanes of at least 4 members (excludes halogenated alkanes) is 1. The maximum Gasteiger partial charge on any atom is 0.227 e. The van der Waals surface area contributed by atoms with Gasteiger partial charge in [0.1, 0.15) is 0 Å². The predicted molar refractivity (Wildman–Crippen MR) is 85.6 cm³/mol. The van der Waals surface area contributed by atoms with Crippen LogP contribution in [0.2, 0.25) is 0 Å². The SMILES string of the molecule is CCCCC(CC)CNC(=O)C(C)c1cccc(N)c1. The number of benzene rings is 1. The summed E-state index contributed by atoms with van der Waals surface area (Å²) in [5.41, 5.74) is 7.44. The van der Waals surface area contributed by atoms with Crippen LogP contribution >= 0.6 is 0 Å². The van der Waals surface area contributed by atoms with E-state index in [1.165, 1.54) is 19.3 Å². The van der Waals surface area contributed by atoms with Crippen LogP contribution in [0.25, 0.3) is 0 Å². The first kappa shape index (κ1) is 16.5. The van der Waals surface area contributed by atoms with Gasteiger partial charge in [-0.2, -0.15) is 0 Å². The zero-order valence-corrected chi connectivity index (χ0v) is 13.0. The Hall–Kier alpha value is -1.51. The second-order valence-electron chi connectivity index (χ2n) is 5.55. The van der Waals surface area contributed by atoms with Crippen molar-refractivity contribution in [2.75, 3.05) is 12.3 Å². The quantitative estimate of drug-likeness (QED) is 0.711. The van der Waals surface area contributed by atoms with Gasteiger partial charge in [-0.1, -0.05) is 45.2 Å². The van der Waals surface area contributed by atoms with Gasteiger partial charge in [0.25, 0.3) is 0 Å². The number of nitrogens with two attached hydrogens (primary N) is 1. The summed E-state index contributed by atoms with van der Waals surface area (Å²) in [6.45, 7) is 7.10. The number of carbonyl (C=O) groups excluding carboxylic acids is 1. The van der Waals surface area contributed by atoms with Gasteiger partial charge in [-0.25, -0.2) is 0 Å². The summed E-state index contributed by atoms with van der Waals surface area (Å²) >= 11 is 0. The molecule has 3 heteroatoms. The fraction of sp³-hybridized carbons (Fsp3) is 0.588. The molecule has 0 bridgehead atoms. The molecule has 1 rings (SSSR count). The van der Waals surface area contributed by atoms with E-state index in [1.807, 2.05) is 31.2 Å². The van der Waals surface area contributed by atoms with Crippen molar-refractivity contribution in [2.24, 2.45) is 5.92 Å². The first-order valence-electron chi connectivity index (χ1n) is 7.71. The Kier molecular flexibility index (Phi) is 7.13. The van der Waals surface area contributed by atoms with Crippen LogP contribution in [0.5, 0.6) is 0 Å². The summed E-state index contributed by atoms with van der Waals surface area (Å²) in [4.78, 5) is 12.2. The zero-order chi connectivity index (χ0) is 15.0. The summed E-state index contributed by atoms with van der Waals surface area (Å²) in [5.74, 6) is 0.527. The van der Waals surface area contributed by atoms with Crippen LogP contribution in [0, 0.1) is 5.92 Å². The normalized spacial score (nSPS) is 13.8. The smallest absolute Gasteiger partial charge is 0.227 e. The van der Waals surface area contributed by atoms with E-state index in [0.29, 0.717) is 11.6 Å². The van der Waals surface area contributed by atoms with E-state index in [-0.39, 0.29) is 11.8 Å². The van der Waals surface area contributed by atoms with E-state index in [4.69, 9.17) is 5.73 Å². The number of amides is 1. The van der Waals surface area contributed by atoms with Gasteiger partial charge in [0.15, 0.2) is 0 Å². The van der Waals surface area contributed by atoms with E-state index in [0.717, 1.165) is 18.5 Å². The zero-order valence-electron chi connectivity index (χ0n) is 13.0. The highest BCUT2D eigenvalue weighted by molar-refractivity contribution is 5.83. The van der Waals surface area contributed by atoms with E-state index in [2.05, 4.69) is 19.2 Å². The summed E-state index contributed by atoms with van der Waals surface area (Å²) < 4.78 is 0. The van der Waals surface area contributed by atoms with Crippen molar-refractivity contribution >= 4 is 11.6 Å². The van der Waals surface area contributed by atoms with Gasteiger partial charge in [0.2, 0.25) is 5.91 Å². The number of hydrogen-bond donors (Lipinski definition) is 2. The van der Waals surface area contributed by atoms with Crippen molar-refractivity contribution in [3.63, 3.8) is 0 Å². The maximum absolute atomic E-state index is 12.2. The van der Waals surface area contributed by atoms with Gasteiger partial charge >= 0.3 is 0 Å². The second kappa shape index (κ2) is 8.62. The minimum Gasteiger partial charge on any atom is -0.399 e. The molecule has 0 saturated heterocycles. The van der Waals surface area contributed by atoms with Crippen molar-refractivity contribution in [3.05, 3.63) is 29.8 Å². The first-order chi connectivity index (χ1) is 9.58. The Balaban J connectivity index is 2.49. The van der Waals surface area contributed by atoms with Gasteiger partial charge in [0.05, 0.1) is 5.92 Å². The molecule has 2 unspecified atom stereocenters. The van der Waals surface area contributed by atoms with Crippen LogP contribution in [0.4, 0.5) is 5.69 Å². The van der Waals surface area contributed by atoms with E-state index in [9.17, 15) is 4.79 Å². The molecule has 0 aliphatic rings. The molecule has 112 valence electrons. The van der Waals surface area contributed by atoms with Crippen LogP contribution in [0.15, 0.2) is 24.3 Å². The van der Waals surface area contributed by atoms with Gasteiger partial charge in [0, 0.05) is 12.2 Å². The first-order valence-corrected chi connectivity index (χ1v) is 7.71. The molecule has 0 saturated carbocycles. The molecule has 1 aromatic rings. The van der Waals surface area contributed by atoms with Crippen LogP contribution < -0.4 is 11.1 Å². The molecule has 1 amide bonds. The molecule has 3 nitrogen and oxygen atoms in total. The topological polar surface area (TPSA) is 55.1 Å². The molecule has 0 radical (unpaired) electrons. The Morgan fingerprint density at radius 2 is 2.10 bits per heavy atom. The van der Waals surface area contributed by atoms with Crippen molar-refractivity contribution in [2.45, 2.75) is 52.4 Å².